The van der Waals surface area contributed by atoms with E-state index in [0.29, 0.717) is 6.73 Å². The molecule has 0 amide bonds. The molecule has 3 aromatic carbocycles. The van der Waals surface area contributed by atoms with E-state index in [-0.39, 0.29) is 0 Å². The third kappa shape index (κ3) is 1.75. The smallest absolute Gasteiger partial charge is 0.317 e. The summed E-state index contributed by atoms with van der Waals surface area (Å²) in [7, 11) is 0. The van der Waals surface area contributed by atoms with Gasteiger partial charge in [0.2, 0.25) is 5.69 Å². The average Bonchev–Trinajstić information content (AvgIpc) is 2.55. The second-order valence-corrected chi connectivity index (χ2v) is 4.74. The fourth-order valence-electron chi connectivity index (χ4n) is 2.48. The summed E-state index contributed by atoms with van der Waals surface area (Å²) in [6.07, 6.45) is 0. The van der Waals surface area contributed by atoms with Crippen LogP contribution in [0.2, 0.25) is 0 Å². The number of benzene rings is 3. The zero-order chi connectivity index (χ0) is 13.4. The molecule has 20 heavy (non-hydrogen) atoms. The zero-order valence-electron chi connectivity index (χ0n) is 10.9. The van der Waals surface area contributed by atoms with E-state index in [0.717, 1.165) is 22.5 Å². The van der Waals surface area contributed by atoms with Crippen LogP contribution in [0.4, 0.5) is 11.4 Å². The highest BCUT2D eigenvalue weighted by Gasteiger charge is 2.22. The predicted molar refractivity (Wildman–Crippen MR) is 77.9 cm³/mol. The van der Waals surface area contributed by atoms with Gasteiger partial charge < -0.3 is 4.74 Å². The second kappa shape index (κ2) is 4.46. The molecule has 0 unspecified atom stereocenters. The van der Waals surface area contributed by atoms with E-state index in [2.05, 4.69) is 23.3 Å². The van der Waals surface area contributed by atoms with Crippen molar-refractivity contribution in [1.82, 2.24) is 0 Å². The summed E-state index contributed by atoms with van der Waals surface area (Å²) in [6.45, 7) is 0.436. The Morgan fingerprint density at radius 3 is 2.55 bits per heavy atom. The van der Waals surface area contributed by atoms with Gasteiger partial charge in [-0.3, -0.25) is 0 Å². The molecule has 0 spiro atoms. The number of azo groups is 2. The minimum absolute atomic E-state index is 0.436. The Hall–Kier alpha value is -2.68. The Morgan fingerprint density at radius 2 is 1.65 bits per heavy atom. The van der Waals surface area contributed by atoms with Crippen LogP contribution in [-0.2, 0) is 0 Å². The van der Waals surface area contributed by atoms with Crippen LogP contribution in [0, 0.1) is 0 Å². The first-order chi connectivity index (χ1) is 9.92. The Bertz CT molecular complexity index is 810. The monoisotopic (exact) mass is 261 g/mol. The molecule has 0 aliphatic carbocycles. The summed E-state index contributed by atoms with van der Waals surface area (Å²) in [6, 6.07) is 22.3. The quantitative estimate of drug-likeness (QED) is 0.587. The van der Waals surface area contributed by atoms with E-state index in [1.807, 2.05) is 53.2 Å². The largest absolute Gasteiger partial charge is 0.431 e. The number of ether oxygens (including phenoxy) is 1. The highest BCUT2D eigenvalue weighted by atomic mass is 16.5. The van der Waals surface area contributed by atoms with Gasteiger partial charge in [0.1, 0.15) is 0 Å². The van der Waals surface area contributed by atoms with Gasteiger partial charge in [0.15, 0.2) is 11.4 Å². The molecule has 0 saturated heterocycles. The van der Waals surface area contributed by atoms with Crippen molar-refractivity contribution in [1.29, 1.82) is 0 Å². The average molecular weight is 261 g/mol. The zero-order valence-corrected chi connectivity index (χ0v) is 10.9. The standard InChI is InChI=1S/C17H13N2O/c1-2-7-14(8-3-1)19-12-20-17-15-9-5-4-6-13(15)10-11-16(17)18-19/h1-11H,12H2/q+1. The lowest BCUT2D eigenvalue weighted by Gasteiger charge is -2.13. The third-order valence-corrected chi connectivity index (χ3v) is 3.47. The van der Waals surface area contributed by atoms with Gasteiger partial charge >= 0.3 is 6.73 Å². The van der Waals surface area contributed by atoms with Gasteiger partial charge in [-0.15, -0.1) is 0 Å². The van der Waals surface area contributed by atoms with Crippen molar-refractivity contribution < 1.29 is 9.43 Å². The Morgan fingerprint density at radius 1 is 0.850 bits per heavy atom. The van der Waals surface area contributed by atoms with Crippen molar-refractivity contribution in [2.45, 2.75) is 0 Å². The molecular formula is C17H13N2O+. The summed E-state index contributed by atoms with van der Waals surface area (Å²) in [5, 5.41) is 6.96. The lowest BCUT2D eigenvalue weighted by molar-refractivity contribution is -0.544. The predicted octanol–water partition coefficient (Wildman–Crippen LogP) is 4.62. The molecular weight excluding hydrogens is 248 g/mol. The first kappa shape index (κ1) is 11.2. The van der Waals surface area contributed by atoms with Crippen LogP contribution in [0.15, 0.2) is 71.8 Å². The highest BCUT2D eigenvalue weighted by molar-refractivity contribution is 5.92. The SMILES string of the molecule is c1ccc([N+]2=Nc3ccc4ccccc4c3OC2)cc1. The maximum atomic E-state index is 5.94. The van der Waals surface area contributed by atoms with Crippen molar-refractivity contribution in [3.05, 3.63) is 66.7 Å². The molecule has 3 heteroatoms. The molecule has 1 aliphatic rings. The fourth-order valence-corrected chi connectivity index (χ4v) is 2.48. The topological polar surface area (TPSA) is 24.6 Å². The lowest BCUT2D eigenvalue weighted by atomic mass is 10.1. The maximum Gasteiger partial charge on any atom is 0.317 e. The van der Waals surface area contributed by atoms with Crippen molar-refractivity contribution in [2.75, 3.05) is 6.73 Å². The highest BCUT2D eigenvalue weighted by Crippen LogP contribution is 2.38. The van der Waals surface area contributed by atoms with Crippen LogP contribution >= 0.6 is 0 Å². The molecule has 0 fully saturated rings. The molecule has 1 heterocycles. The van der Waals surface area contributed by atoms with Crippen LogP contribution in [0.5, 0.6) is 5.75 Å². The van der Waals surface area contributed by atoms with E-state index in [1.165, 1.54) is 5.39 Å². The summed E-state index contributed by atoms with van der Waals surface area (Å²) in [4.78, 5) is 0. The van der Waals surface area contributed by atoms with Gasteiger partial charge in [-0.2, -0.15) is 0 Å². The van der Waals surface area contributed by atoms with E-state index >= 15 is 0 Å². The molecule has 0 N–H and O–H groups in total. The van der Waals surface area contributed by atoms with E-state index < -0.39 is 0 Å². The van der Waals surface area contributed by atoms with Gasteiger partial charge in [0.25, 0.3) is 0 Å². The summed E-state index contributed by atoms with van der Waals surface area (Å²) < 4.78 is 7.81. The minimum atomic E-state index is 0.436. The van der Waals surface area contributed by atoms with Crippen molar-refractivity contribution in [3.8, 4) is 5.75 Å². The molecule has 4 rings (SSSR count). The third-order valence-electron chi connectivity index (χ3n) is 3.47. The van der Waals surface area contributed by atoms with Gasteiger partial charge in [-0.1, -0.05) is 48.5 Å². The normalized spacial score (nSPS) is 13.5. The number of nitrogens with zero attached hydrogens (tertiary/aromatic N) is 2. The van der Waals surface area contributed by atoms with E-state index in [1.54, 1.807) is 0 Å². The van der Waals surface area contributed by atoms with E-state index in [9.17, 15) is 0 Å². The van der Waals surface area contributed by atoms with Crippen LogP contribution in [0.1, 0.15) is 0 Å². The number of hydrogen-bond acceptors (Lipinski definition) is 2. The lowest BCUT2D eigenvalue weighted by Crippen LogP contribution is -2.15. The fraction of sp³-hybridized carbons (Fsp3) is 0.0588. The maximum absolute atomic E-state index is 5.94. The van der Waals surface area contributed by atoms with Crippen molar-refractivity contribution in [3.63, 3.8) is 0 Å². The van der Waals surface area contributed by atoms with E-state index in [4.69, 9.17) is 4.74 Å². The summed E-state index contributed by atoms with van der Waals surface area (Å²) in [5.41, 5.74) is 1.91. The number of fused-ring (bicyclic) bond motifs is 3. The molecule has 96 valence electrons. The van der Waals surface area contributed by atoms with Crippen LogP contribution < -0.4 is 4.74 Å². The summed E-state index contributed by atoms with van der Waals surface area (Å²) in [5.74, 6) is 0.871. The molecule has 0 aromatic heterocycles. The number of rotatable bonds is 1. The molecule has 3 nitrogen and oxygen atoms in total. The first-order valence-corrected chi connectivity index (χ1v) is 6.60. The number of hydrogen-bond donors (Lipinski definition) is 0. The van der Waals surface area contributed by atoms with Gasteiger partial charge in [0, 0.05) is 22.6 Å². The van der Waals surface area contributed by atoms with Gasteiger partial charge in [-0.25, -0.2) is 0 Å². The van der Waals surface area contributed by atoms with Crippen molar-refractivity contribution >= 4 is 22.1 Å². The van der Waals surface area contributed by atoms with Crippen LogP contribution in [0.25, 0.3) is 10.8 Å². The molecule has 0 bridgehead atoms. The molecule has 1 aliphatic heterocycles. The molecule has 0 radical (unpaired) electrons. The second-order valence-electron chi connectivity index (χ2n) is 4.74. The molecule has 0 saturated carbocycles. The van der Waals surface area contributed by atoms with Gasteiger partial charge in [0.05, 0.1) is 0 Å². The molecule has 0 atom stereocenters. The van der Waals surface area contributed by atoms with Crippen LogP contribution in [0.3, 0.4) is 0 Å². The Balaban J connectivity index is 1.88. The summed E-state index contributed by atoms with van der Waals surface area (Å²) >= 11 is 0. The molecule has 3 aromatic rings. The van der Waals surface area contributed by atoms with Gasteiger partial charge in [-0.05, 0) is 16.1 Å². The Kier molecular flexibility index (Phi) is 2.49. The first-order valence-electron chi connectivity index (χ1n) is 6.60. The van der Waals surface area contributed by atoms with Crippen LogP contribution in [-0.4, -0.2) is 11.4 Å². The number of para-hydroxylation sites is 1. The van der Waals surface area contributed by atoms with Crippen molar-refractivity contribution in [2.24, 2.45) is 5.11 Å². The minimum Gasteiger partial charge on any atom is -0.431 e. The Labute approximate surface area is 116 Å².